The third kappa shape index (κ3) is 5.13. The Hall–Kier alpha value is -2.30. The van der Waals surface area contributed by atoms with Gasteiger partial charge in [-0.2, -0.15) is 0 Å². The van der Waals surface area contributed by atoms with Crippen molar-refractivity contribution in [1.29, 1.82) is 0 Å². The second kappa shape index (κ2) is 8.36. The number of rotatable bonds is 6. The summed E-state index contributed by atoms with van der Waals surface area (Å²) in [7, 11) is 0. The SMILES string of the molecule is CCCOc1ccc(/C=C/C(=O)N2CCCC(C(=O)O)C2)cc1. The van der Waals surface area contributed by atoms with Gasteiger partial charge < -0.3 is 14.7 Å². The van der Waals surface area contributed by atoms with E-state index in [0.717, 1.165) is 24.2 Å². The van der Waals surface area contributed by atoms with Crippen LogP contribution in [0.15, 0.2) is 30.3 Å². The lowest BCUT2D eigenvalue weighted by molar-refractivity contribution is -0.144. The number of ether oxygens (including phenoxy) is 1. The van der Waals surface area contributed by atoms with Crippen LogP contribution in [0.3, 0.4) is 0 Å². The predicted molar refractivity (Wildman–Crippen MR) is 88.2 cm³/mol. The number of likely N-dealkylation sites (tertiary alicyclic amines) is 1. The third-order valence-corrected chi connectivity index (χ3v) is 3.85. The molecule has 2 rings (SSSR count). The number of carbonyl (C=O) groups excluding carboxylic acids is 1. The summed E-state index contributed by atoms with van der Waals surface area (Å²) in [5.74, 6) is -0.594. The highest BCUT2D eigenvalue weighted by Gasteiger charge is 2.26. The van der Waals surface area contributed by atoms with Gasteiger partial charge in [0.15, 0.2) is 0 Å². The smallest absolute Gasteiger partial charge is 0.308 e. The van der Waals surface area contributed by atoms with Crippen molar-refractivity contribution >= 4 is 18.0 Å². The molecule has 1 atom stereocenters. The highest BCUT2D eigenvalue weighted by atomic mass is 16.5. The zero-order valence-corrected chi connectivity index (χ0v) is 13.4. The maximum absolute atomic E-state index is 12.2. The molecular formula is C18H23NO4. The summed E-state index contributed by atoms with van der Waals surface area (Å²) < 4.78 is 5.51. The Bertz CT molecular complexity index is 565. The lowest BCUT2D eigenvalue weighted by Crippen LogP contribution is -2.41. The zero-order valence-electron chi connectivity index (χ0n) is 13.4. The van der Waals surface area contributed by atoms with Crippen LogP contribution in [0.2, 0.25) is 0 Å². The Labute approximate surface area is 136 Å². The predicted octanol–water partition coefficient (Wildman–Crippen LogP) is 2.81. The van der Waals surface area contributed by atoms with Crippen LogP contribution in [0.25, 0.3) is 6.08 Å². The van der Waals surface area contributed by atoms with Crippen LogP contribution in [0, 0.1) is 5.92 Å². The Morgan fingerprint density at radius 3 is 2.74 bits per heavy atom. The second-order valence-electron chi connectivity index (χ2n) is 5.71. The third-order valence-electron chi connectivity index (χ3n) is 3.85. The van der Waals surface area contributed by atoms with Crippen LogP contribution in [0.1, 0.15) is 31.7 Å². The standard InChI is InChI=1S/C18H23NO4/c1-2-12-23-16-8-5-14(6-9-16)7-10-17(20)19-11-3-4-15(13-19)18(21)22/h5-10,15H,2-4,11-13H2,1H3,(H,21,22)/b10-7+. The first-order valence-corrected chi connectivity index (χ1v) is 8.03. The van der Waals surface area contributed by atoms with Crippen LogP contribution in [0.5, 0.6) is 5.75 Å². The van der Waals surface area contributed by atoms with Gasteiger partial charge in [-0.3, -0.25) is 9.59 Å². The highest BCUT2D eigenvalue weighted by molar-refractivity contribution is 5.92. The monoisotopic (exact) mass is 317 g/mol. The van der Waals surface area contributed by atoms with E-state index in [4.69, 9.17) is 9.84 Å². The van der Waals surface area contributed by atoms with Gasteiger partial charge in [0.05, 0.1) is 12.5 Å². The molecule has 1 unspecified atom stereocenters. The number of hydrogen-bond donors (Lipinski definition) is 1. The molecule has 1 saturated heterocycles. The molecule has 1 heterocycles. The first-order chi connectivity index (χ1) is 11.1. The number of carbonyl (C=O) groups is 2. The second-order valence-corrected chi connectivity index (χ2v) is 5.71. The van der Waals surface area contributed by atoms with Gasteiger partial charge in [0.25, 0.3) is 0 Å². The number of carboxylic acids is 1. The molecule has 0 spiro atoms. The molecule has 0 bridgehead atoms. The first kappa shape index (κ1) is 17.1. The van der Waals surface area contributed by atoms with Crippen molar-refractivity contribution in [3.05, 3.63) is 35.9 Å². The minimum absolute atomic E-state index is 0.137. The summed E-state index contributed by atoms with van der Waals surface area (Å²) >= 11 is 0. The minimum atomic E-state index is -0.825. The molecule has 5 heteroatoms. The molecule has 1 aliphatic heterocycles. The van der Waals surface area contributed by atoms with Crippen LogP contribution in [0.4, 0.5) is 0 Å². The summed E-state index contributed by atoms with van der Waals surface area (Å²) in [6, 6.07) is 7.54. The normalized spacial score (nSPS) is 18.1. The molecule has 1 aromatic carbocycles. The maximum atomic E-state index is 12.2. The molecule has 1 aliphatic rings. The average molecular weight is 317 g/mol. The molecular weight excluding hydrogens is 294 g/mol. The fourth-order valence-electron chi connectivity index (χ4n) is 2.55. The minimum Gasteiger partial charge on any atom is -0.494 e. The van der Waals surface area contributed by atoms with E-state index in [1.165, 1.54) is 6.08 Å². The highest BCUT2D eigenvalue weighted by Crippen LogP contribution is 2.18. The van der Waals surface area contributed by atoms with Gasteiger partial charge >= 0.3 is 5.97 Å². The summed E-state index contributed by atoms with van der Waals surface area (Å²) in [4.78, 5) is 24.8. The van der Waals surface area contributed by atoms with Crippen LogP contribution < -0.4 is 4.74 Å². The lowest BCUT2D eigenvalue weighted by Gasteiger charge is -2.29. The molecule has 1 aromatic rings. The van der Waals surface area contributed by atoms with E-state index in [1.807, 2.05) is 24.3 Å². The topological polar surface area (TPSA) is 66.8 Å². The van der Waals surface area contributed by atoms with Gasteiger partial charge in [0, 0.05) is 19.2 Å². The molecule has 1 N–H and O–H groups in total. The summed E-state index contributed by atoms with van der Waals surface area (Å²) in [6.45, 7) is 3.66. The van der Waals surface area contributed by atoms with Crippen LogP contribution in [-0.2, 0) is 9.59 Å². The Morgan fingerprint density at radius 1 is 1.35 bits per heavy atom. The fourth-order valence-corrected chi connectivity index (χ4v) is 2.55. The summed E-state index contributed by atoms with van der Waals surface area (Å²) in [5.41, 5.74) is 0.911. The number of piperidine rings is 1. The van der Waals surface area contributed by atoms with E-state index >= 15 is 0 Å². The van der Waals surface area contributed by atoms with E-state index in [9.17, 15) is 9.59 Å². The maximum Gasteiger partial charge on any atom is 0.308 e. The Balaban J connectivity index is 1.91. The first-order valence-electron chi connectivity index (χ1n) is 8.03. The molecule has 1 amide bonds. The average Bonchev–Trinajstić information content (AvgIpc) is 2.58. The molecule has 0 aromatic heterocycles. The van der Waals surface area contributed by atoms with Crippen molar-refractivity contribution in [2.45, 2.75) is 26.2 Å². The van der Waals surface area contributed by atoms with Crippen molar-refractivity contribution < 1.29 is 19.4 Å². The van der Waals surface area contributed by atoms with Crippen LogP contribution >= 0.6 is 0 Å². The lowest BCUT2D eigenvalue weighted by atomic mass is 9.98. The van der Waals surface area contributed by atoms with E-state index < -0.39 is 11.9 Å². The summed E-state index contributed by atoms with van der Waals surface area (Å²) in [5, 5.41) is 9.07. The number of carboxylic acid groups (broad SMARTS) is 1. The van der Waals surface area contributed by atoms with Crippen molar-refractivity contribution in [3.63, 3.8) is 0 Å². The molecule has 1 fully saturated rings. The molecule has 5 nitrogen and oxygen atoms in total. The van der Waals surface area contributed by atoms with Crippen molar-refractivity contribution in [2.24, 2.45) is 5.92 Å². The van der Waals surface area contributed by atoms with E-state index in [-0.39, 0.29) is 5.91 Å². The van der Waals surface area contributed by atoms with Gasteiger partial charge in [0.1, 0.15) is 5.75 Å². The van der Waals surface area contributed by atoms with Gasteiger partial charge in [-0.1, -0.05) is 19.1 Å². The van der Waals surface area contributed by atoms with Gasteiger partial charge in [-0.15, -0.1) is 0 Å². The summed E-state index contributed by atoms with van der Waals surface area (Å²) in [6.07, 6.45) is 5.59. The quantitative estimate of drug-likeness (QED) is 0.819. The number of nitrogens with zero attached hydrogens (tertiary/aromatic N) is 1. The Morgan fingerprint density at radius 2 is 2.09 bits per heavy atom. The number of aliphatic carboxylic acids is 1. The number of amides is 1. The largest absolute Gasteiger partial charge is 0.494 e. The fraction of sp³-hybridized carbons (Fsp3) is 0.444. The van der Waals surface area contributed by atoms with E-state index in [0.29, 0.717) is 26.1 Å². The Kier molecular flexibility index (Phi) is 6.20. The molecule has 23 heavy (non-hydrogen) atoms. The van der Waals surface area contributed by atoms with Crippen molar-refractivity contribution in [2.75, 3.05) is 19.7 Å². The van der Waals surface area contributed by atoms with Crippen molar-refractivity contribution in [3.8, 4) is 5.75 Å². The molecule has 124 valence electrons. The van der Waals surface area contributed by atoms with Crippen LogP contribution in [-0.4, -0.2) is 41.6 Å². The van der Waals surface area contributed by atoms with Gasteiger partial charge in [-0.25, -0.2) is 0 Å². The zero-order chi connectivity index (χ0) is 16.7. The number of benzene rings is 1. The number of hydrogen-bond acceptors (Lipinski definition) is 3. The molecule has 0 saturated carbocycles. The van der Waals surface area contributed by atoms with Gasteiger partial charge in [-0.05, 0) is 43.0 Å². The molecule has 0 aliphatic carbocycles. The molecule has 0 radical (unpaired) electrons. The van der Waals surface area contributed by atoms with E-state index in [2.05, 4.69) is 6.92 Å². The van der Waals surface area contributed by atoms with E-state index in [1.54, 1.807) is 11.0 Å². The van der Waals surface area contributed by atoms with Gasteiger partial charge in [0.2, 0.25) is 5.91 Å². The van der Waals surface area contributed by atoms with Crippen molar-refractivity contribution in [1.82, 2.24) is 4.90 Å².